The Morgan fingerprint density at radius 2 is 1.60 bits per heavy atom. The van der Waals surface area contributed by atoms with Gasteiger partial charge in [-0.3, -0.25) is 39.1 Å². The molecule has 1 unspecified atom stereocenters. The molecule has 0 aliphatic carbocycles. The summed E-state index contributed by atoms with van der Waals surface area (Å²) >= 11 is 6.27. The zero-order valence-corrected chi connectivity index (χ0v) is 30.3. The van der Waals surface area contributed by atoms with E-state index in [2.05, 4.69) is 35.0 Å². The second-order valence-corrected chi connectivity index (χ2v) is 15.6. The van der Waals surface area contributed by atoms with Gasteiger partial charge in [-0.1, -0.05) is 11.6 Å². The predicted octanol–water partition coefficient (Wildman–Crippen LogP) is 4.53. The lowest BCUT2D eigenvalue weighted by atomic mass is 9.84. The summed E-state index contributed by atoms with van der Waals surface area (Å²) in [7, 11) is 0. The van der Waals surface area contributed by atoms with Gasteiger partial charge in [0.05, 0.1) is 33.8 Å². The van der Waals surface area contributed by atoms with E-state index in [1.54, 1.807) is 18.2 Å². The number of piperidine rings is 2. The number of imide groups is 2. The van der Waals surface area contributed by atoms with Crippen LogP contribution in [0.3, 0.4) is 0 Å². The van der Waals surface area contributed by atoms with E-state index in [-0.39, 0.29) is 30.4 Å². The van der Waals surface area contributed by atoms with Crippen LogP contribution >= 0.6 is 11.6 Å². The lowest BCUT2D eigenvalue weighted by Crippen LogP contribution is -2.70. The molecule has 12 nitrogen and oxygen atoms in total. The number of carbonyl (C=O) groups is 5. The zero-order chi connectivity index (χ0) is 37.2. The van der Waals surface area contributed by atoms with Crippen LogP contribution in [0.25, 0.3) is 0 Å². The van der Waals surface area contributed by atoms with Crippen molar-refractivity contribution in [3.63, 3.8) is 0 Å². The maximum absolute atomic E-state index is 13.4. The predicted molar refractivity (Wildman–Crippen MR) is 194 cm³/mol. The van der Waals surface area contributed by atoms with Crippen molar-refractivity contribution in [3.05, 3.63) is 93.0 Å². The first-order chi connectivity index (χ1) is 25.4. The monoisotopic (exact) mass is 734 g/mol. The maximum atomic E-state index is 13.4. The molecule has 3 aromatic carbocycles. The van der Waals surface area contributed by atoms with Crippen LogP contribution in [-0.4, -0.2) is 88.1 Å². The molecule has 0 aromatic heterocycles. The van der Waals surface area contributed by atoms with Gasteiger partial charge in [-0.15, -0.1) is 0 Å². The Morgan fingerprint density at radius 1 is 0.943 bits per heavy atom. The molecule has 8 rings (SSSR count). The number of carbonyl (C=O) groups excluding carboxylic acids is 5. The minimum Gasteiger partial charge on any atom is -0.486 e. The molecular formula is C40H39ClN6O6. The van der Waals surface area contributed by atoms with Crippen LogP contribution < -0.4 is 15.0 Å². The number of halogens is 1. The first-order valence-electron chi connectivity index (χ1n) is 18.0. The molecule has 5 heterocycles. The minimum absolute atomic E-state index is 0.00613. The number of ether oxygens (including phenoxy) is 1. The highest BCUT2D eigenvalue weighted by Gasteiger charge is 2.49. The van der Waals surface area contributed by atoms with Crippen molar-refractivity contribution in [3.8, 4) is 11.8 Å². The van der Waals surface area contributed by atoms with Crippen LogP contribution in [0.5, 0.6) is 5.75 Å². The van der Waals surface area contributed by atoms with E-state index in [0.29, 0.717) is 71.7 Å². The highest BCUT2D eigenvalue weighted by Crippen LogP contribution is 2.40. The fourth-order valence-corrected chi connectivity index (χ4v) is 8.56. The third-order valence-electron chi connectivity index (χ3n) is 11.6. The maximum Gasteiger partial charge on any atom is 0.262 e. The third-order valence-corrected chi connectivity index (χ3v) is 11.9. The molecule has 53 heavy (non-hydrogen) atoms. The molecule has 272 valence electrons. The second kappa shape index (κ2) is 13.3. The lowest BCUT2D eigenvalue weighted by Gasteiger charge is -2.55. The first-order valence-corrected chi connectivity index (χ1v) is 18.4. The molecular weight excluding hydrogens is 696 g/mol. The fraction of sp³-hybridized carbons (Fsp3) is 0.400. The Morgan fingerprint density at radius 3 is 2.19 bits per heavy atom. The Balaban J connectivity index is 0.815. The number of hydrogen-bond acceptors (Lipinski definition) is 9. The van der Waals surface area contributed by atoms with Crippen LogP contribution in [0.4, 0.5) is 5.69 Å². The highest BCUT2D eigenvalue weighted by molar-refractivity contribution is 6.32. The van der Waals surface area contributed by atoms with Crippen molar-refractivity contribution in [2.75, 3.05) is 31.1 Å². The van der Waals surface area contributed by atoms with Gasteiger partial charge in [0.15, 0.2) is 0 Å². The van der Waals surface area contributed by atoms with Crippen LogP contribution in [-0.2, 0) is 22.7 Å². The summed E-state index contributed by atoms with van der Waals surface area (Å²) in [6.07, 6.45) is 1.91. The molecule has 3 fully saturated rings. The van der Waals surface area contributed by atoms with Crippen molar-refractivity contribution < 1.29 is 28.7 Å². The van der Waals surface area contributed by atoms with Gasteiger partial charge in [0.25, 0.3) is 17.7 Å². The molecule has 5 aliphatic rings. The molecule has 0 spiro atoms. The average Bonchev–Trinajstić information content (AvgIpc) is 3.65. The van der Waals surface area contributed by atoms with Gasteiger partial charge in [-0.05, 0) is 105 Å². The quantitative estimate of drug-likeness (QED) is 0.347. The normalized spacial score (nSPS) is 22.6. The summed E-state index contributed by atoms with van der Waals surface area (Å²) in [5, 5.41) is 11.9. The number of fused-ring (bicyclic) bond motifs is 2. The zero-order valence-electron chi connectivity index (χ0n) is 29.6. The molecule has 5 amide bonds. The molecule has 3 saturated heterocycles. The van der Waals surface area contributed by atoms with Gasteiger partial charge in [-0.2, -0.15) is 5.26 Å². The number of nitrogens with one attached hydrogen (secondary N) is 1. The van der Waals surface area contributed by atoms with E-state index in [9.17, 15) is 29.2 Å². The summed E-state index contributed by atoms with van der Waals surface area (Å²) in [5.74, 6) is -0.860. The average molecular weight is 735 g/mol. The number of hydrogen-bond donors (Lipinski definition) is 1. The third kappa shape index (κ3) is 6.21. The van der Waals surface area contributed by atoms with E-state index in [1.165, 1.54) is 0 Å². The van der Waals surface area contributed by atoms with Crippen molar-refractivity contribution in [2.24, 2.45) is 5.92 Å². The smallest absolute Gasteiger partial charge is 0.262 e. The molecule has 13 heteroatoms. The van der Waals surface area contributed by atoms with E-state index in [1.807, 2.05) is 41.3 Å². The summed E-state index contributed by atoms with van der Waals surface area (Å²) in [6, 6.07) is 17.5. The van der Waals surface area contributed by atoms with Crippen LogP contribution in [0.2, 0.25) is 5.02 Å². The Hall–Kier alpha value is -5.25. The number of likely N-dealkylation sites (tertiary alicyclic amines) is 1. The number of nitrogens with zero attached hydrogens (tertiary/aromatic N) is 5. The molecule has 1 N–H and O–H groups in total. The minimum atomic E-state index is -0.974. The molecule has 3 aromatic rings. The summed E-state index contributed by atoms with van der Waals surface area (Å²) < 4.78 is 6.33. The summed E-state index contributed by atoms with van der Waals surface area (Å²) in [6.45, 7) is 8.39. The van der Waals surface area contributed by atoms with Gasteiger partial charge in [0, 0.05) is 50.4 Å². The number of rotatable bonds is 7. The lowest BCUT2D eigenvalue weighted by molar-refractivity contribution is -0.136. The van der Waals surface area contributed by atoms with E-state index in [4.69, 9.17) is 16.3 Å². The Labute approximate surface area is 312 Å². The Kier molecular flexibility index (Phi) is 8.74. The van der Waals surface area contributed by atoms with E-state index >= 15 is 0 Å². The van der Waals surface area contributed by atoms with Gasteiger partial charge in [0.1, 0.15) is 24.0 Å². The standard InChI is InChI=1S/C40H39ClN6O6/c1-40(2)34(22-46(40)28-6-3-25(18-42)32(41)17-28)53-29-7-4-24(5-8-29)37(50)45-13-11-23(12-14-45)19-44-20-26-15-30-31(16-27(26)21-44)39(52)47(38(30)51)33-9-10-35(48)43-36(33)49/h3-8,15-17,23,33-34H,9-14,19-22H2,1-2H3,(H,43,48,49)/t33?,34-/m1/s1. The van der Waals surface area contributed by atoms with Gasteiger partial charge in [-0.25, -0.2) is 0 Å². The fourth-order valence-electron chi connectivity index (χ4n) is 8.34. The van der Waals surface area contributed by atoms with Crippen LogP contribution in [0.1, 0.15) is 87.3 Å². The van der Waals surface area contributed by atoms with Crippen molar-refractivity contribution in [2.45, 2.75) is 70.3 Å². The number of anilines is 1. The molecule has 0 bridgehead atoms. The van der Waals surface area contributed by atoms with Crippen molar-refractivity contribution in [1.29, 1.82) is 5.26 Å². The SMILES string of the molecule is CC1(C)[C@H](Oc2ccc(C(=O)N3CCC(CN4Cc5cc6c(cc5C4)C(=O)N(C4CCC(=O)NC4=O)C6=O)CC3)cc2)CN1c1ccc(C#N)c(Cl)c1. The molecule has 2 atom stereocenters. The summed E-state index contributed by atoms with van der Waals surface area (Å²) in [5.41, 5.74) is 4.35. The van der Waals surface area contributed by atoms with Gasteiger partial charge < -0.3 is 14.5 Å². The second-order valence-electron chi connectivity index (χ2n) is 15.2. The molecule has 0 radical (unpaired) electrons. The van der Waals surface area contributed by atoms with Crippen molar-refractivity contribution >= 4 is 46.8 Å². The summed E-state index contributed by atoms with van der Waals surface area (Å²) in [4.78, 5) is 71.4. The highest BCUT2D eigenvalue weighted by atomic mass is 35.5. The largest absolute Gasteiger partial charge is 0.486 e. The van der Waals surface area contributed by atoms with E-state index < -0.39 is 29.7 Å². The van der Waals surface area contributed by atoms with Gasteiger partial charge >= 0.3 is 0 Å². The molecule has 0 saturated carbocycles. The number of amides is 5. The topological polar surface area (TPSA) is 143 Å². The van der Waals surface area contributed by atoms with Gasteiger partial charge in [0.2, 0.25) is 11.8 Å². The number of benzene rings is 3. The Bertz CT molecular complexity index is 2060. The molecule has 5 aliphatic heterocycles. The van der Waals surface area contributed by atoms with Crippen LogP contribution in [0.15, 0.2) is 54.6 Å². The first kappa shape index (κ1) is 34.8. The van der Waals surface area contributed by atoms with Crippen LogP contribution in [0, 0.1) is 17.2 Å². The van der Waals surface area contributed by atoms with E-state index in [0.717, 1.165) is 41.1 Å². The van der Waals surface area contributed by atoms with Crippen molar-refractivity contribution in [1.82, 2.24) is 20.0 Å². The number of nitriles is 1.